The van der Waals surface area contributed by atoms with E-state index in [4.69, 9.17) is 9.52 Å². The molecular formula is C14H13NO4S. The highest BCUT2D eigenvalue weighted by molar-refractivity contribution is 7.98. The third kappa shape index (κ3) is 3.89. The summed E-state index contributed by atoms with van der Waals surface area (Å²) in [5.74, 6) is 0.0532. The first kappa shape index (κ1) is 14.2. The summed E-state index contributed by atoms with van der Waals surface area (Å²) in [6.45, 7) is 1.46. The maximum absolute atomic E-state index is 10.9. The lowest BCUT2D eigenvalue weighted by molar-refractivity contribution is -0.114. The van der Waals surface area contributed by atoms with E-state index in [1.54, 1.807) is 0 Å². The van der Waals surface area contributed by atoms with Crippen molar-refractivity contribution in [2.75, 3.05) is 5.32 Å². The van der Waals surface area contributed by atoms with E-state index in [9.17, 15) is 9.59 Å². The van der Waals surface area contributed by atoms with E-state index in [2.05, 4.69) is 5.32 Å². The highest BCUT2D eigenvalue weighted by Gasteiger charge is 2.08. The molecule has 1 aromatic heterocycles. The Labute approximate surface area is 120 Å². The van der Waals surface area contributed by atoms with Crippen molar-refractivity contribution in [3.8, 4) is 0 Å². The third-order valence-corrected chi connectivity index (χ3v) is 3.49. The molecule has 0 aliphatic rings. The first-order valence-electron chi connectivity index (χ1n) is 5.86. The van der Waals surface area contributed by atoms with Crippen molar-refractivity contribution in [1.82, 2.24) is 0 Å². The predicted octanol–water partition coefficient (Wildman–Crippen LogP) is 3.23. The molecule has 1 heterocycles. The van der Waals surface area contributed by atoms with E-state index in [0.717, 1.165) is 10.6 Å². The number of carboxylic acids is 1. The zero-order valence-electron chi connectivity index (χ0n) is 10.8. The summed E-state index contributed by atoms with van der Waals surface area (Å²) < 4.78 is 5.17. The standard InChI is InChI=1S/C14H13NO4S/c1-9(16)15-11-2-4-13(5-3-11)20-8-12-6-10(7-19-12)14(17)18/h2-7H,8H2,1H3,(H,15,16)(H,17,18). The number of benzene rings is 1. The lowest BCUT2D eigenvalue weighted by Gasteiger charge is -2.03. The van der Waals surface area contributed by atoms with Crippen LogP contribution in [-0.2, 0) is 10.5 Å². The number of carbonyl (C=O) groups excluding carboxylic acids is 1. The van der Waals surface area contributed by atoms with E-state index in [1.165, 1.54) is 31.0 Å². The summed E-state index contributed by atoms with van der Waals surface area (Å²) in [6.07, 6.45) is 1.23. The van der Waals surface area contributed by atoms with Crippen molar-refractivity contribution in [2.45, 2.75) is 17.6 Å². The van der Waals surface area contributed by atoms with Gasteiger partial charge < -0.3 is 14.8 Å². The van der Waals surface area contributed by atoms with Gasteiger partial charge in [0.15, 0.2) is 0 Å². The average Bonchev–Trinajstić information content (AvgIpc) is 2.86. The highest BCUT2D eigenvalue weighted by atomic mass is 32.2. The Balaban J connectivity index is 1.93. The molecule has 0 atom stereocenters. The number of carboxylic acid groups (broad SMARTS) is 1. The zero-order chi connectivity index (χ0) is 14.5. The summed E-state index contributed by atoms with van der Waals surface area (Å²) in [4.78, 5) is 22.6. The van der Waals surface area contributed by atoms with Gasteiger partial charge in [-0.15, -0.1) is 11.8 Å². The molecule has 0 bridgehead atoms. The Kier molecular flexibility index (Phi) is 4.47. The molecule has 2 aromatic rings. The van der Waals surface area contributed by atoms with Crippen LogP contribution in [0.1, 0.15) is 23.0 Å². The second kappa shape index (κ2) is 6.29. The van der Waals surface area contributed by atoms with Gasteiger partial charge in [-0.25, -0.2) is 4.79 Å². The molecule has 0 fully saturated rings. The van der Waals surface area contributed by atoms with Crippen LogP contribution in [0.3, 0.4) is 0 Å². The molecule has 2 N–H and O–H groups in total. The molecule has 0 radical (unpaired) electrons. The number of hydrogen-bond acceptors (Lipinski definition) is 4. The molecule has 0 unspecified atom stereocenters. The van der Waals surface area contributed by atoms with E-state index in [1.807, 2.05) is 24.3 Å². The fourth-order valence-electron chi connectivity index (χ4n) is 1.56. The number of thioether (sulfide) groups is 1. The molecule has 1 amide bonds. The van der Waals surface area contributed by atoms with Crippen molar-refractivity contribution in [1.29, 1.82) is 0 Å². The fourth-order valence-corrected chi connectivity index (χ4v) is 2.35. The van der Waals surface area contributed by atoms with Gasteiger partial charge in [0.1, 0.15) is 12.0 Å². The lowest BCUT2D eigenvalue weighted by atomic mass is 10.3. The zero-order valence-corrected chi connectivity index (χ0v) is 11.6. The molecule has 0 aliphatic heterocycles. The number of amides is 1. The van der Waals surface area contributed by atoms with Gasteiger partial charge in [-0.1, -0.05) is 0 Å². The van der Waals surface area contributed by atoms with Crippen molar-refractivity contribution in [2.24, 2.45) is 0 Å². The molecule has 0 spiro atoms. The second-order valence-electron chi connectivity index (χ2n) is 4.10. The minimum atomic E-state index is -0.996. The van der Waals surface area contributed by atoms with Crippen LogP contribution in [0, 0.1) is 0 Å². The first-order valence-corrected chi connectivity index (χ1v) is 6.84. The van der Waals surface area contributed by atoms with Crippen LogP contribution in [0.2, 0.25) is 0 Å². The number of carbonyl (C=O) groups is 2. The topological polar surface area (TPSA) is 79.5 Å². The minimum Gasteiger partial charge on any atom is -0.478 e. The van der Waals surface area contributed by atoms with Gasteiger partial charge in [0.25, 0.3) is 0 Å². The Morgan fingerprint density at radius 1 is 1.30 bits per heavy atom. The maximum Gasteiger partial charge on any atom is 0.338 e. The number of rotatable bonds is 5. The van der Waals surface area contributed by atoms with Crippen LogP contribution in [0.15, 0.2) is 45.9 Å². The van der Waals surface area contributed by atoms with Crippen LogP contribution >= 0.6 is 11.8 Å². The highest BCUT2D eigenvalue weighted by Crippen LogP contribution is 2.25. The van der Waals surface area contributed by atoms with Gasteiger partial charge in [-0.3, -0.25) is 4.79 Å². The van der Waals surface area contributed by atoms with Gasteiger partial charge in [-0.2, -0.15) is 0 Å². The molecule has 2 rings (SSSR count). The molecule has 1 aromatic carbocycles. The summed E-state index contributed by atoms with van der Waals surface area (Å²) in [7, 11) is 0. The third-order valence-electron chi connectivity index (χ3n) is 2.46. The summed E-state index contributed by atoms with van der Waals surface area (Å²) in [5, 5.41) is 11.5. The summed E-state index contributed by atoms with van der Waals surface area (Å²) in [6, 6.07) is 8.91. The number of hydrogen-bond donors (Lipinski definition) is 2. The molecule has 20 heavy (non-hydrogen) atoms. The molecule has 5 nitrogen and oxygen atoms in total. The minimum absolute atomic E-state index is 0.109. The van der Waals surface area contributed by atoms with Gasteiger partial charge in [-0.05, 0) is 30.3 Å². The summed E-state index contributed by atoms with van der Waals surface area (Å²) in [5.41, 5.74) is 0.898. The van der Waals surface area contributed by atoms with Crippen molar-refractivity contribution < 1.29 is 19.1 Å². The number of anilines is 1. The number of furan rings is 1. The Bertz CT molecular complexity index is 618. The molecule has 104 valence electrons. The largest absolute Gasteiger partial charge is 0.478 e. The monoisotopic (exact) mass is 291 g/mol. The number of aromatic carboxylic acids is 1. The number of nitrogens with one attached hydrogen (secondary N) is 1. The molecule has 0 aliphatic carbocycles. The molecular weight excluding hydrogens is 278 g/mol. The molecule has 0 saturated heterocycles. The SMILES string of the molecule is CC(=O)Nc1ccc(SCc2cc(C(=O)O)co2)cc1. The van der Waals surface area contributed by atoms with E-state index < -0.39 is 5.97 Å². The predicted molar refractivity (Wildman–Crippen MR) is 76.0 cm³/mol. The van der Waals surface area contributed by atoms with Gasteiger partial charge in [0, 0.05) is 17.5 Å². The maximum atomic E-state index is 10.9. The van der Waals surface area contributed by atoms with Crippen LogP contribution in [-0.4, -0.2) is 17.0 Å². The van der Waals surface area contributed by atoms with E-state index >= 15 is 0 Å². The van der Waals surface area contributed by atoms with Gasteiger partial charge in [0.2, 0.25) is 5.91 Å². The molecule has 0 saturated carbocycles. The van der Waals surface area contributed by atoms with Crippen molar-refractivity contribution in [3.05, 3.63) is 47.9 Å². The lowest BCUT2D eigenvalue weighted by Crippen LogP contribution is -2.05. The first-order chi connectivity index (χ1) is 9.54. The quantitative estimate of drug-likeness (QED) is 0.827. The van der Waals surface area contributed by atoms with Crippen LogP contribution in [0.25, 0.3) is 0 Å². The Hall–Kier alpha value is -2.21. The van der Waals surface area contributed by atoms with Crippen molar-refractivity contribution in [3.63, 3.8) is 0 Å². The van der Waals surface area contributed by atoms with Crippen LogP contribution < -0.4 is 5.32 Å². The van der Waals surface area contributed by atoms with Gasteiger partial charge >= 0.3 is 5.97 Å². The summed E-state index contributed by atoms with van der Waals surface area (Å²) >= 11 is 1.53. The Morgan fingerprint density at radius 3 is 2.55 bits per heavy atom. The smallest absolute Gasteiger partial charge is 0.338 e. The fraction of sp³-hybridized carbons (Fsp3) is 0.143. The Morgan fingerprint density at radius 2 is 2.00 bits per heavy atom. The van der Waals surface area contributed by atoms with Crippen LogP contribution in [0.4, 0.5) is 5.69 Å². The average molecular weight is 291 g/mol. The molecule has 6 heteroatoms. The van der Waals surface area contributed by atoms with E-state index in [0.29, 0.717) is 11.5 Å². The van der Waals surface area contributed by atoms with Crippen LogP contribution in [0.5, 0.6) is 0 Å². The van der Waals surface area contributed by atoms with Gasteiger partial charge in [0.05, 0.1) is 11.3 Å². The van der Waals surface area contributed by atoms with Crippen molar-refractivity contribution >= 4 is 29.3 Å². The van der Waals surface area contributed by atoms with E-state index in [-0.39, 0.29) is 11.5 Å². The normalized spacial score (nSPS) is 10.2. The second-order valence-corrected chi connectivity index (χ2v) is 5.15.